The van der Waals surface area contributed by atoms with Crippen molar-refractivity contribution in [3.05, 3.63) is 66.0 Å². The number of methoxy groups -OCH3 is 1. The molecule has 3 aromatic rings. The topological polar surface area (TPSA) is 64.9 Å². The molecule has 6 nitrogen and oxygen atoms in total. The van der Waals surface area contributed by atoms with E-state index in [9.17, 15) is 0 Å². The molecule has 2 atom stereocenters. The molecule has 0 fully saturated rings. The third-order valence-electron chi connectivity index (χ3n) is 4.10. The van der Waals surface area contributed by atoms with Crippen molar-refractivity contribution in [1.29, 1.82) is 0 Å². The largest absolute Gasteiger partial charge is 0.379 e. The Balaban J connectivity index is 1.72. The van der Waals surface area contributed by atoms with Gasteiger partial charge in [-0.25, -0.2) is 4.68 Å². The number of tetrazole rings is 1. The maximum absolute atomic E-state index is 5.38. The molecule has 124 valence electrons. The van der Waals surface area contributed by atoms with Gasteiger partial charge in [0.15, 0.2) is 0 Å². The number of benzene rings is 2. The Morgan fingerprint density at radius 1 is 1.04 bits per heavy atom. The van der Waals surface area contributed by atoms with Crippen molar-refractivity contribution in [1.82, 2.24) is 20.2 Å². The van der Waals surface area contributed by atoms with Crippen LogP contribution in [0.4, 0.5) is 5.69 Å². The summed E-state index contributed by atoms with van der Waals surface area (Å²) in [5, 5.41) is 14.7. The minimum absolute atomic E-state index is 0.0811. The van der Waals surface area contributed by atoms with Crippen LogP contribution in [0.15, 0.2) is 54.9 Å². The second-order valence-corrected chi connectivity index (χ2v) is 5.72. The summed E-state index contributed by atoms with van der Waals surface area (Å²) in [5.41, 5.74) is 4.36. The minimum atomic E-state index is 0.0811. The van der Waals surface area contributed by atoms with Crippen molar-refractivity contribution in [2.24, 2.45) is 0 Å². The van der Waals surface area contributed by atoms with Gasteiger partial charge in [0, 0.05) is 18.8 Å². The van der Waals surface area contributed by atoms with E-state index in [-0.39, 0.29) is 12.1 Å². The predicted octanol–water partition coefficient (Wildman–Crippen LogP) is 3.54. The molecule has 1 aromatic heterocycles. The van der Waals surface area contributed by atoms with E-state index in [4.69, 9.17) is 4.74 Å². The van der Waals surface area contributed by atoms with Crippen LogP contribution in [0, 0.1) is 0 Å². The Kier molecular flexibility index (Phi) is 4.86. The fourth-order valence-electron chi connectivity index (χ4n) is 2.55. The second-order valence-electron chi connectivity index (χ2n) is 5.72. The molecule has 6 heteroatoms. The molecule has 0 spiro atoms. The molecule has 24 heavy (non-hydrogen) atoms. The Bertz CT molecular complexity index is 770. The van der Waals surface area contributed by atoms with Crippen LogP contribution < -0.4 is 5.32 Å². The Labute approximate surface area is 141 Å². The summed E-state index contributed by atoms with van der Waals surface area (Å²) in [7, 11) is 1.72. The Hall–Kier alpha value is -2.73. The summed E-state index contributed by atoms with van der Waals surface area (Å²) >= 11 is 0. The highest BCUT2D eigenvalue weighted by Crippen LogP contribution is 2.24. The van der Waals surface area contributed by atoms with Crippen LogP contribution in [-0.2, 0) is 4.74 Å². The monoisotopic (exact) mass is 323 g/mol. The lowest BCUT2D eigenvalue weighted by Crippen LogP contribution is -2.07. The molecular weight excluding hydrogens is 302 g/mol. The number of ether oxygens (including phenoxy) is 1. The third-order valence-corrected chi connectivity index (χ3v) is 4.10. The number of nitrogens with one attached hydrogen (secondary N) is 1. The smallest absolute Gasteiger partial charge is 0.143 e. The highest BCUT2D eigenvalue weighted by atomic mass is 16.5. The van der Waals surface area contributed by atoms with Gasteiger partial charge >= 0.3 is 0 Å². The molecule has 0 unspecified atom stereocenters. The van der Waals surface area contributed by atoms with Gasteiger partial charge in [0.25, 0.3) is 0 Å². The Morgan fingerprint density at radius 3 is 2.50 bits per heavy atom. The van der Waals surface area contributed by atoms with Crippen LogP contribution in [0.5, 0.6) is 0 Å². The quantitative estimate of drug-likeness (QED) is 0.751. The first-order valence-electron chi connectivity index (χ1n) is 7.90. The van der Waals surface area contributed by atoms with Crippen molar-refractivity contribution in [3.63, 3.8) is 0 Å². The zero-order valence-corrected chi connectivity index (χ0v) is 14.0. The van der Waals surface area contributed by atoms with E-state index < -0.39 is 0 Å². The van der Waals surface area contributed by atoms with Gasteiger partial charge in [-0.1, -0.05) is 24.3 Å². The van der Waals surface area contributed by atoms with Gasteiger partial charge in [-0.2, -0.15) is 0 Å². The molecule has 1 N–H and O–H groups in total. The van der Waals surface area contributed by atoms with E-state index in [0.29, 0.717) is 0 Å². The number of anilines is 1. The zero-order chi connectivity index (χ0) is 16.9. The number of hydrogen-bond acceptors (Lipinski definition) is 5. The van der Waals surface area contributed by atoms with Crippen LogP contribution in [0.1, 0.15) is 37.1 Å². The average Bonchev–Trinajstić information content (AvgIpc) is 3.16. The number of aromatic nitrogens is 4. The SMILES string of the molecule is CO[C@H](C)c1cccc(N[C@@H](C)c2ccc(-n3cnnn3)cc2)c1. The van der Waals surface area contributed by atoms with E-state index in [1.54, 1.807) is 18.1 Å². The van der Waals surface area contributed by atoms with Gasteiger partial charge in [-0.3, -0.25) is 0 Å². The van der Waals surface area contributed by atoms with E-state index >= 15 is 0 Å². The fraction of sp³-hybridized carbons (Fsp3) is 0.278. The summed E-state index contributed by atoms with van der Waals surface area (Å²) in [5.74, 6) is 0. The molecule has 0 radical (unpaired) electrons. The summed E-state index contributed by atoms with van der Waals surface area (Å²) in [6, 6.07) is 16.7. The molecule has 0 saturated heterocycles. The van der Waals surface area contributed by atoms with E-state index in [1.165, 1.54) is 5.56 Å². The standard InChI is InChI=1S/C18H21N5O/c1-13(20-17-6-4-5-16(11-17)14(2)24-3)15-7-9-18(10-8-15)23-12-19-21-22-23/h4-14,20H,1-3H3/t13-,14+/m0/s1. The van der Waals surface area contributed by atoms with Crippen LogP contribution in [0.2, 0.25) is 0 Å². The number of rotatable bonds is 6. The first kappa shape index (κ1) is 16.1. The van der Waals surface area contributed by atoms with Crippen LogP contribution in [0.25, 0.3) is 5.69 Å². The highest BCUT2D eigenvalue weighted by molar-refractivity contribution is 5.48. The summed E-state index contributed by atoms with van der Waals surface area (Å²) in [4.78, 5) is 0. The van der Waals surface area contributed by atoms with Crippen LogP contribution in [-0.4, -0.2) is 27.3 Å². The lowest BCUT2D eigenvalue weighted by atomic mass is 10.1. The molecule has 0 aliphatic rings. The first-order valence-corrected chi connectivity index (χ1v) is 7.90. The fourth-order valence-corrected chi connectivity index (χ4v) is 2.55. The molecule has 0 aliphatic carbocycles. The van der Waals surface area contributed by atoms with Gasteiger partial charge < -0.3 is 10.1 Å². The van der Waals surface area contributed by atoms with Crippen molar-refractivity contribution >= 4 is 5.69 Å². The molecular formula is C18H21N5O. The van der Waals surface area contributed by atoms with Gasteiger partial charge in [0.1, 0.15) is 6.33 Å². The van der Waals surface area contributed by atoms with Crippen molar-refractivity contribution in [2.75, 3.05) is 12.4 Å². The zero-order valence-electron chi connectivity index (χ0n) is 14.0. The average molecular weight is 323 g/mol. The van der Waals surface area contributed by atoms with Gasteiger partial charge in [0.05, 0.1) is 11.8 Å². The molecule has 0 amide bonds. The van der Waals surface area contributed by atoms with Crippen LogP contribution >= 0.6 is 0 Å². The molecule has 0 saturated carbocycles. The van der Waals surface area contributed by atoms with E-state index in [1.807, 2.05) is 25.1 Å². The lowest BCUT2D eigenvalue weighted by molar-refractivity contribution is 0.119. The number of hydrogen-bond donors (Lipinski definition) is 1. The lowest BCUT2D eigenvalue weighted by Gasteiger charge is -2.18. The van der Waals surface area contributed by atoms with E-state index in [0.717, 1.165) is 16.9 Å². The number of nitrogens with zero attached hydrogens (tertiary/aromatic N) is 4. The summed E-state index contributed by atoms with van der Waals surface area (Å²) in [6.45, 7) is 4.18. The maximum atomic E-state index is 5.38. The third kappa shape index (κ3) is 3.60. The van der Waals surface area contributed by atoms with Crippen molar-refractivity contribution in [3.8, 4) is 5.69 Å². The molecule has 3 rings (SSSR count). The molecule has 0 aliphatic heterocycles. The van der Waals surface area contributed by atoms with Crippen LogP contribution in [0.3, 0.4) is 0 Å². The van der Waals surface area contributed by atoms with E-state index in [2.05, 4.69) is 58.1 Å². The van der Waals surface area contributed by atoms with Gasteiger partial charge in [-0.15, -0.1) is 5.10 Å². The maximum Gasteiger partial charge on any atom is 0.143 e. The molecule has 1 heterocycles. The molecule has 0 bridgehead atoms. The van der Waals surface area contributed by atoms with Gasteiger partial charge in [-0.05, 0) is 59.7 Å². The normalized spacial score (nSPS) is 13.5. The minimum Gasteiger partial charge on any atom is -0.379 e. The molecule has 2 aromatic carbocycles. The van der Waals surface area contributed by atoms with Crippen molar-refractivity contribution < 1.29 is 4.74 Å². The first-order chi connectivity index (χ1) is 11.7. The Morgan fingerprint density at radius 2 is 1.83 bits per heavy atom. The van der Waals surface area contributed by atoms with Gasteiger partial charge in [0.2, 0.25) is 0 Å². The van der Waals surface area contributed by atoms with Crippen molar-refractivity contribution in [2.45, 2.75) is 26.0 Å². The second kappa shape index (κ2) is 7.23. The predicted molar refractivity (Wildman–Crippen MR) is 93.1 cm³/mol. The summed E-state index contributed by atoms with van der Waals surface area (Å²) < 4.78 is 7.02. The summed E-state index contributed by atoms with van der Waals surface area (Å²) in [6.07, 6.45) is 1.66. The highest BCUT2D eigenvalue weighted by Gasteiger charge is 2.08.